The average Bonchev–Trinajstić information content (AvgIpc) is 1.30. The topological polar surface area (TPSA) is 49.4 Å². The molecule has 4 heteroatoms. The van der Waals surface area contributed by atoms with Crippen LogP contribution in [0.25, 0.3) is 0 Å². The van der Waals surface area contributed by atoms with Gasteiger partial charge in [-0.2, -0.15) is 0 Å². The van der Waals surface area contributed by atoms with E-state index in [0.29, 0.717) is 0 Å². The van der Waals surface area contributed by atoms with Gasteiger partial charge in [0.1, 0.15) is 7.60 Å². The second-order valence-corrected chi connectivity index (χ2v) is 2.99. The molecule has 0 N–H and O–H groups in total. The van der Waals surface area contributed by atoms with Crippen LogP contribution in [0.3, 0.4) is 0 Å². The molecule has 0 aromatic carbocycles. The summed E-state index contributed by atoms with van der Waals surface area (Å²) in [6, 6.07) is 0. The first kappa shape index (κ1) is 7.15. The normalized spacial score (nSPS) is 18.7. The highest BCUT2D eigenvalue weighted by Gasteiger charge is 1.92. The van der Waals surface area contributed by atoms with Gasteiger partial charge in [-0.3, -0.25) is 0 Å². The van der Waals surface area contributed by atoms with E-state index in [0.717, 1.165) is 6.66 Å². The van der Waals surface area contributed by atoms with Gasteiger partial charge in [-0.15, -0.1) is 0 Å². The molecule has 0 spiro atoms. The standard InChI is InChI=1S/C3H9O3P/c1-3-6-7(2,4)5/h3H2,1-2H3,(H,4,5)/p-1. The number of rotatable bonds is 2. The molecule has 7 heavy (non-hydrogen) atoms. The first-order valence-corrected chi connectivity index (χ1v) is 3.98. The van der Waals surface area contributed by atoms with Crippen molar-refractivity contribution in [3.05, 3.63) is 0 Å². The van der Waals surface area contributed by atoms with E-state index < -0.39 is 7.60 Å². The average molecular weight is 123 g/mol. The van der Waals surface area contributed by atoms with E-state index >= 15 is 0 Å². The Labute approximate surface area is 42.8 Å². The maximum absolute atomic E-state index is 10.0. The van der Waals surface area contributed by atoms with Crippen molar-refractivity contribution in [2.75, 3.05) is 13.3 Å². The van der Waals surface area contributed by atoms with Crippen LogP contribution in [0.1, 0.15) is 6.92 Å². The Morgan fingerprint density at radius 2 is 2.29 bits per heavy atom. The highest BCUT2D eigenvalue weighted by molar-refractivity contribution is 7.50. The summed E-state index contributed by atoms with van der Waals surface area (Å²) in [4.78, 5) is 10.0. The fourth-order valence-electron chi connectivity index (χ4n) is 0.235. The molecule has 0 fully saturated rings. The molecule has 0 aliphatic carbocycles. The Hall–Kier alpha value is 0.150. The fraction of sp³-hybridized carbons (Fsp3) is 1.00. The third-order valence-electron chi connectivity index (χ3n) is 0.364. The van der Waals surface area contributed by atoms with E-state index in [1.54, 1.807) is 6.92 Å². The van der Waals surface area contributed by atoms with Crippen molar-refractivity contribution in [3.63, 3.8) is 0 Å². The van der Waals surface area contributed by atoms with Crippen LogP contribution in [0.2, 0.25) is 0 Å². The van der Waals surface area contributed by atoms with Crippen molar-refractivity contribution >= 4 is 7.60 Å². The summed E-state index contributed by atoms with van der Waals surface area (Å²) in [6.45, 7) is 2.92. The van der Waals surface area contributed by atoms with E-state index in [-0.39, 0.29) is 6.61 Å². The molecule has 0 aromatic rings. The molecule has 0 rings (SSSR count). The van der Waals surface area contributed by atoms with Crippen LogP contribution in [0.5, 0.6) is 0 Å². The number of hydrogen-bond acceptors (Lipinski definition) is 3. The van der Waals surface area contributed by atoms with Gasteiger partial charge in [-0.25, -0.2) is 0 Å². The zero-order valence-corrected chi connectivity index (χ0v) is 5.27. The van der Waals surface area contributed by atoms with Gasteiger partial charge in [0.15, 0.2) is 0 Å². The lowest BCUT2D eigenvalue weighted by atomic mass is 10.9. The monoisotopic (exact) mass is 123 g/mol. The van der Waals surface area contributed by atoms with Crippen molar-refractivity contribution < 1.29 is 14.0 Å². The van der Waals surface area contributed by atoms with Crippen LogP contribution in [0.15, 0.2) is 0 Å². The minimum absolute atomic E-state index is 0.233. The van der Waals surface area contributed by atoms with Crippen LogP contribution < -0.4 is 4.89 Å². The lowest BCUT2D eigenvalue weighted by Gasteiger charge is -2.15. The van der Waals surface area contributed by atoms with Gasteiger partial charge in [0.25, 0.3) is 0 Å². The van der Waals surface area contributed by atoms with E-state index in [1.165, 1.54) is 0 Å². The molecule has 44 valence electrons. The van der Waals surface area contributed by atoms with Crippen molar-refractivity contribution in [1.82, 2.24) is 0 Å². The van der Waals surface area contributed by atoms with Crippen LogP contribution in [0, 0.1) is 0 Å². The highest BCUT2D eigenvalue weighted by atomic mass is 31.2. The summed E-state index contributed by atoms with van der Waals surface area (Å²) in [5, 5.41) is 0. The Balaban J connectivity index is 3.36. The molecule has 0 heterocycles. The summed E-state index contributed by atoms with van der Waals surface area (Å²) in [7, 11) is -3.42. The van der Waals surface area contributed by atoms with E-state index in [2.05, 4.69) is 4.52 Å². The molecule has 0 saturated heterocycles. The molecule has 0 amide bonds. The van der Waals surface area contributed by atoms with Crippen molar-refractivity contribution in [1.29, 1.82) is 0 Å². The zero-order chi connectivity index (χ0) is 5.91. The molecular weight excluding hydrogens is 115 g/mol. The van der Waals surface area contributed by atoms with Gasteiger partial charge < -0.3 is 14.0 Å². The quantitative estimate of drug-likeness (QED) is 0.493. The molecule has 0 bridgehead atoms. The van der Waals surface area contributed by atoms with Crippen molar-refractivity contribution in [3.8, 4) is 0 Å². The third kappa shape index (κ3) is 6.15. The summed E-state index contributed by atoms with van der Waals surface area (Å²) in [6.07, 6.45) is 0. The maximum atomic E-state index is 10.0. The summed E-state index contributed by atoms with van der Waals surface area (Å²) >= 11 is 0. The summed E-state index contributed by atoms with van der Waals surface area (Å²) < 4.78 is 14.3. The van der Waals surface area contributed by atoms with E-state index in [9.17, 15) is 9.46 Å². The van der Waals surface area contributed by atoms with Gasteiger partial charge in [-0.1, -0.05) is 0 Å². The van der Waals surface area contributed by atoms with Gasteiger partial charge in [0, 0.05) is 6.66 Å². The van der Waals surface area contributed by atoms with Gasteiger partial charge in [-0.05, 0) is 6.92 Å². The lowest BCUT2D eigenvalue weighted by molar-refractivity contribution is -0.196. The lowest BCUT2D eigenvalue weighted by Crippen LogP contribution is -2.01. The van der Waals surface area contributed by atoms with Crippen molar-refractivity contribution in [2.45, 2.75) is 6.92 Å². The molecule has 3 nitrogen and oxygen atoms in total. The highest BCUT2D eigenvalue weighted by Crippen LogP contribution is 2.29. The second-order valence-electron chi connectivity index (χ2n) is 1.19. The second kappa shape index (κ2) is 2.46. The van der Waals surface area contributed by atoms with E-state index in [4.69, 9.17) is 0 Å². The van der Waals surface area contributed by atoms with Crippen LogP contribution in [0.4, 0.5) is 0 Å². The molecule has 0 aliphatic heterocycles. The Morgan fingerprint density at radius 3 is 2.29 bits per heavy atom. The molecule has 0 aromatic heterocycles. The Morgan fingerprint density at radius 1 is 1.86 bits per heavy atom. The Kier molecular flexibility index (Phi) is 2.51. The SMILES string of the molecule is CCOP(C)(=O)[O-]. The predicted octanol–water partition coefficient (Wildman–Crippen LogP) is 0.206. The first-order chi connectivity index (χ1) is 3.06. The first-order valence-electron chi connectivity index (χ1n) is 1.99. The smallest absolute Gasteiger partial charge is 0.131 e. The molecule has 1 unspecified atom stereocenters. The largest absolute Gasteiger partial charge is 0.779 e. The van der Waals surface area contributed by atoms with Gasteiger partial charge in [0.05, 0.1) is 6.61 Å². The van der Waals surface area contributed by atoms with Crippen LogP contribution in [-0.4, -0.2) is 13.3 Å². The predicted molar refractivity (Wildman–Crippen MR) is 25.2 cm³/mol. The van der Waals surface area contributed by atoms with Crippen LogP contribution in [-0.2, 0) is 9.09 Å². The Bertz CT molecular complexity index is 84.2. The molecule has 0 saturated carbocycles. The van der Waals surface area contributed by atoms with E-state index in [1.807, 2.05) is 0 Å². The summed E-state index contributed by atoms with van der Waals surface area (Å²) in [5.41, 5.74) is 0. The molecule has 1 atom stereocenters. The zero-order valence-electron chi connectivity index (χ0n) is 4.38. The number of hydrogen-bond donors (Lipinski definition) is 0. The van der Waals surface area contributed by atoms with Crippen LogP contribution >= 0.6 is 7.60 Å². The fourth-order valence-corrected chi connectivity index (χ4v) is 0.704. The molecule has 0 aliphatic rings. The maximum Gasteiger partial charge on any atom is 0.131 e. The minimum atomic E-state index is -3.42. The molecular formula is C3H8O3P-. The van der Waals surface area contributed by atoms with Gasteiger partial charge in [0.2, 0.25) is 0 Å². The van der Waals surface area contributed by atoms with Gasteiger partial charge >= 0.3 is 0 Å². The third-order valence-corrected chi connectivity index (χ3v) is 1.09. The van der Waals surface area contributed by atoms with Crippen molar-refractivity contribution in [2.24, 2.45) is 0 Å². The summed E-state index contributed by atoms with van der Waals surface area (Å²) in [5.74, 6) is 0. The molecule has 0 radical (unpaired) electrons. The minimum Gasteiger partial charge on any atom is -0.779 e.